The van der Waals surface area contributed by atoms with Gasteiger partial charge in [0.15, 0.2) is 16.6 Å². The average Bonchev–Trinajstić information content (AvgIpc) is 2.68. The van der Waals surface area contributed by atoms with Crippen LogP contribution >= 0.6 is 12.2 Å². The van der Waals surface area contributed by atoms with Gasteiger partial charge in [0.1, 0.15) is 0 Å². The van der Waals surface area contributed by atoms with Gasteiger partial charge in [0.25, 0.3) is 0 Å². The van der Waals surface area contributed by atoms with E-state index in [2.05, 4.69) is 28.8 Å². The van der Waals surface area contributed by atoms with Crippen molar-refractivity contribution in [2.24, 2.45) is 5.10 Å². The first kappa shape index (κ1) is 20.5. The van der Waals surface area contributed by atoms with Crippen molar-refractivity contribution >= 4 is 28.7 Å². The topological polar surface area (TPSA) is 64.1 Å². The summed E-state index contributed by atoms with van der Waals surface area (Å²) in [6.45, 7) is 5.97. The highest BCUT2D eigenvalue weighted by molar-refractivity contribution is 7.80. The van der Waals surface area contributed by atoms with Crippen molar-refractivity contribution < 1.29 is 14.2 Å². The molecule has 0 aliphatic heterocycles. The highest BCUT2D eigenvalue weighted by atomic mass is 32.1. The van der Waals surface area contributed by atoms with Gasteiger partial charge in [-0.2, -0.15) is 5.10 Å². The summed E-state index contributed by atoms with van der Waals surface area (Å²) in [5.74, 6) is 1.67. The van der Waals surface area contributed by atoms with E-state index in [4.69, 9.17) is 26.4 Å². The van der Waals surface area contributed by atoms with E-state index < -0.39 is 0 Å². The zero-order valence-corrected chi connectivity index (χ0v) is 17.3. The van der Waals surface area contributed by atoms with E-state index in [1.54, 1.807) is 21.3 Å². The SMILES string of the molecule is COc1cc(/C(C)=N/NC(=S)Nc2cccc(C)c2C)cc(OC)c1OC. The Morgan fingerprint density at radius 3 is 2.19 bits per heavy atom. The largest absolute Gasteiger partial charge is 0.493 e. The van der Waals surface area contributed by atoms with Crippen LogP contribution in [0.5, 0.6) is 17.2 Å². The molecule has 0 aliphatic rings. The number of aryl methyl sites for hydroxylation is 1. The van der Waals surface area contributed by atoms with E-state index >= 15 is 0 Å². The number of benzene rings is 2. The first-order chi connectivity index (χ1) is 12.9. The van der Waals surface area contributed by atoms with E-state index in [9.17, 15) is 0 Å². The standard InChI is InChI=1S/C20H25N3O3S/c1-12-8-7-9-16(13(12)2)21-20(27)23-22-14(3)15-10-17(24-4)19(26-6)18(11-15)25-5/h7-11H,1-6H3,(H2,21,23,27)/b22-14+. The van der Waals surface area contributed by atoms with Gasteiger partial charge in [-0.15, -0.1) is 0 Å². The molecular formula is C20H25N3O3S. The third-order valence-electron chi connectivity index (χ3n) is 4.26. The molecule has 6 nitrogen and oxygen atoms in total. The van der Waals surface area contributed by atoms with Crippen LogP contribution in [0.25, 0.3) is 0 Å². The van der Waals surface area contributed by atoms with Gasteiger partial charge in [0.2, 0.25) is 5.75 Å². The van der Waals surface area contributed by atoms with E-state index in [1.165, 1.54) is 5.56 Å². The summed E-state index contributed by atoms with van der Waals surface area (Å²) >= 11 is 5.35. The van der Waals surface area contributed by atoms with Gasteiger partial charge in [-0.25, -0.2) is 0 Å². The Balaban J connectivity index is 2.17. The summed E-state index contributed by atoms with van der Waals surface area (Å²) in [7, 11) is 4.73. The Morgan fingerprint density at radius 1 is 1.00 bits per heavy atom. The van der Waals surface area contributed by atoms with E-state index in [0.717, 1.165) is 22.5 Å². The molecule has 27 heavy (non-hydrogen) atoms. The van der Waals surface area contributed by atoms with Gasteiger partial charge in [-0.05, 0) is 62.3 Å². The number of hydrazone groups is 1. The summed E-state index contributed by atoms with van der Waals surface area (Å²) in [5.41, 5.74) is 7.71. The van der Waals surface area contributed by atoms with Gasteiger partial charge in [-0.1, -0.05) is 12.1 Å². The molecule has 0 aromatic heterocycles. The first-order valence-electron chi connectivity index (χ1n) is 8.39. The number of thiocarbonyl (C=S) groups is 1. The Hall–Kier alpha value is -2.80. The summed E-state index contributed by atoms with van der Waals surface area (Å²) in [6, 6.07) is 9.69. The molecule has 2 aromatic carbocycles. The lowest BCUT2D eigenvalue weighted by molar-refractivity contribution is 0.324. The van der Waals surface area contributed by atoms with E-state index in [-0.39, 0.29) is 0 Å². The number of anilines is 1. The third kappa shape index (κ3) is 4.89. The molecule has 0 aliphatic carbocycles. The number of nitrogens with zero attached hydrogens (tertiary/aromatic N) is 1. The van der Waals surface area contributed by atoms with Crippen LogP contribution in [0.2, 0.25) is 0 Å². The van der Waals surface area contributed by atoms with Crippen LogP contribution in [-0.2, 0) is 0 Å². The van der Waals surface area contributed by atoms with Crippen LogP contribution in [-0.4, -0.2) is 32.2 Å². The minimum Gasteiger partial charge on any atom is -0.493 e. The second-order valence-electron chi connectivity index (χ2n) is 5.92. The zero-order chi connectivity index (χ0) is 20.0. The first-order valence-corrected chi connectivity index (χ1v) is 8.80. The minimum absolute atomic E-state index is 0.412. The molecule has 0 spiro atoms. The molecule has 0 bridgehead atoms. The molecule has 144 valence electrons. The number of hydrogen-bond acceptors (Lipinski definition) is 5. The predicted octanol–water partition coefficient (Wildman–Crippen LogP) is 4.04. The predicted molar refractivity (Wildman–Crippen MR) is 114 cm³/mol. The third-order valence-corrected chi connectivity index (χ3v) is 4.45. The van der Waals surface area contributed by atoms with Crippen LogP contribution in [0.15, 0.2) is 35.4 Å². The maximum atomic E-state index is 5.38. The molecule has 0 atom stereocenters. The molecule has 0 unspecified atom stereocenters. The van der Waals surface area contributed by atoms with Crippen molar-refractivity contribution in [3.8, 4) is 17.2 Å². The number of methoxy groups -OCH3 is 3. The maximum absolute atomic E-state index is 5.38. The van der Waals surface area contributed by atoms with Gasteiger partial charge in [0.05, 0.1) is 27.0 Å². The van der Waals surface area contributed by atoms with Gasteiger partial charge in [0, 0.05) is 11.3 Å². The molecule has 7 heteroatoms. The molecule has 2 rings (SSSR count). The van der Waals surface area contributed by atoms with Crippen LogP contribution in [0, 0.1) is 13.8 Å². The van der Waals surface area contributed by atoms with Crippen molar-refractivity contribution in [1.82, 2.24) is 5.43 Å². The Morgan fingerprint density at radius 2 is 1.63 bits per heavy atom. The van der Waals surface area contributed by atoms with Crippen molar-refractivity contribution in [2.75, 3.05) is 26.6 Å². The van der Waals surface area contributed by atoms with Crippen molar-refractivity contribution in [2.45, 2.75) is 20.8 Å². The maximum Gasteiger partial charge on any atom is 0.203 e. The van der Waals surface area contributed by atoms with Gasteiger partial charge >= 0.3 is 0 Å². The second-order valence-corrected chi connectivity index (χ2v) is 6.33. The Labute approximate surface area is 165 Å². The molecule has 0 radical (unpaired) electrons. The molecule has 0 saturated carbocycles. The number of rotatable bonds is 6. The number of ether oxygens (including phenoxy) is 3. The fourth-order valence-electron chi connectivity index (χ4n) is 2.53. The summed E-state index contributed by atoms with van der Waals surface area (Å²) in [4.78, 5) is 0. The fraction of sp³-hybridized carbons (Fsp3) is 0.300. The van der Waals surface area contributed by atoms with Gasteiger partial charge in [-0.3, -0.25) is 5.43 Å². The van der Waals surface area contributed by atoms with Crippen molar-refractivity contribution in [1.29, 1.82) is 0 Å². The summed E-state index contributed by atoms with van der Waals surface area (Å²) < 4.78 is 16.1. The molecule has 2 N–H and O–H groups in total. The zero-order valence-electron chi connectivity index (χ0n) is 16.5. The van der Waals surface area contributed by atoms with E-state index in [1.807, 2.05) is 38.1 Å². The monoisotopic (exact) mass is 387 g/mol. The Bertz CT molecular complexity index is 841. The van der Waals surface area contributed by atoms with Gasteiger partial charge < -0.3 is 19.5 Å². The molecule has 2 aromatic rings. The molecule has 0 saturated heterocycles. The molecule has 0 heterocycles. The fourth-order valence-corrected chi connectivity index (χ4v) is 2.68. The van der Waals surface area contributed by atoms with E-state index in [0.29, 0.717) is 22.4 Å². The highest BCUT2D eigenvalue weighted by Gasteiger charge is 2.14. The summed E-state index contributed by atoms with van der Waals surface area (Å²) in [6.07, 6.45) is 0. The lowest BCUT2D eigenvalue weighted by Crippen LogP contribution is -2.25. The average molecular weight is 388 g/mol. The van der Waals surface area contributed by atoms with Crippen LogP contribution in [0.3, 0.4) is 0 Å². The Kier molecular flexibility index (Phi) is 7.01. The number of nitrogens with one attached hydrogen (secondary N) is 2. The number of hydrogen-bond donors (Lipinski definition) is 2. The molecule has 0 amide bonds. The van der Waals surface area contributed by atoms with Crippen molar-refractivity contribution in [3.63, 3.8) is 0 Å². The quantitative estimate of drug-likeness (QED) is 0.443. The van der Waals surface area contributed by atoms with Crippen LogP contribution in [0.4, 0.5) is 5.69 Å². The van der Waals surface area contributed by atoms with Crippen LogP contribution < -0.4 is 25.0 Å². The smallest absolute Gasteiger partial charge is 0.203 e. The minimum atomic E-state index is 0.412. The second kappa shape index (κ2) is 9.23. The lowest BCUT2D eigenvalue weighted by atomic mass is 10.1. The lowest BCUT2D eigenvalue weighted by Gasteiger charge is -2.14. The normalized spacial score (nSPS) is 11.0. The van der Waals surface area contributed by atoms with Crippen LogP contribution in [0.1, 0.15) is 23.6 Å². The molecular weight excluding hydrogens is 362 g/mol. The van der Waals surface area contributed by atoms with Crippen molar-refractivity contribution in [3.05, 3.63) is 47.0 Å². The highest BCUT2D eigenvalue weighted by Crippen LogP contribution is 2.38. The molecule has 0 fully saturated rings. The summed E-state index contributed by atoms with van der Waals surface area (Å²) in [5, 5.41) is 7.94.